The molecular weight excluding hydrogens is 336 g/mol. The molecule has 8 nitrogen and oxygen atoms in total. The molecule has 2 amide bonds. The standard InChI is InChI=1S/C18H24N4O4/c23-16(24)18-5-1-3-13(18)11-22(12-18)17(25)20-14-4-2-6-19-15(14)21-7-9-26-10-8-21/h2,4,6,13H,1,3,5,7-12H2,(H,20,25)(H,23,24)/t13-,18+/m0/s1. The number of amides is 2. The molecule has 2 saturated heterocycles. The molecule has 0 unspecified atom stereocenters. The van der Waals surface area contributed by atoms with E-state index in [4.69, 9.17) is 4.74 Å². The molecule has 0 spiro atoms. The van der Waals surface area contributed by atoms with Gasteiger partial charge in [-0.1, -0.05) is 6.42 Å². The van der Waals surface area contributed by atoms with Gasteiger partial charge >= 0.3 is 12.0 Å². The van der Waals surface area contributed by atoms with Crippen LogP contribution in [-0.4, -0.2) is 66.4 Å². The van der Waals surface area contributed by atoms with E-state index in [1.807, 2.05) is 6.07 Å². The zero-order valence-electron chi connectivity index (χ0n) is 14.7. The molecule has 1 saturated carbocycles. The van der Waals surface area contributed by atoms with Gasteiger partial charge in [-0.3, -0.25) is 4.79 Å². The molecule has 2 N–H and O–H groups in total. The fourth-order valence-electron chi connectivity index (χ4n) is 4.51. The highest BCUT2D eigenvalue weighted by molar-refractivity contribution is 5.93. The van der Waals surface area contributed by atoms with Gasteiger partial charge in [0.05, 0.1) is 24.3 Å². The van der Waals surface area contributed by atoms with E-state index in [-0.39, 0.29) is 18.5 Å². The zero-order valence-corrected chi connectivity index (χ0v) is 14.7. The van der Waals surface area contributed by atoms with Gasteiger partial charge < -0.3 is 25.0 Å². The molecule has 3 heterocycles. The highest BCUT2D eigenvalue weighted by Crippen LogP contribution is 2.49. The van der Waals surface area contributed by atoms with E-state index in [9.17, 15) is 14.7 Å². The molecule has 0 bridgehead atoms. The van der Waals surface area contributed by atoms with Crippen molar-refractivity contribution in [1.82, 2.24) is 9.88 Å². The lowest BCUT2D eigenvalue weighted by Gasteiger charge is -2.29. The number of likely N-dealkylation sites (tertiary alicyclic amines) is 1. The van der Waals surface area contributed by atoms with E-state index in [1.165, 1.54) is 0 Å². The number of aromatic nitrogens is 1. The normalized spacial score (nSPS) is 28.1. The van der Waals surface area contributed by atoms with Gasteiger partial charge in [-0.25, -0.2) is 9.78 Å². The summed E-state index contributed by atoms with van der Waals surface area (Å²) in [5, 5.41) is 12.6. The van der Waals surface area contributed by atoms with Crippen LogP contribution < -0.4 is 10.2 Å². The van der Waals surface area contributed by atoms with E-state index in [0.29, 0.717) is 31.9 Å². The maximum Gasteiger partial charge on any atom is 0.321 e. The number of fused-ring (bicyclic) bond motifs is 1. The number of carbonyl (C=O) groups excluding carboxylic acids is 1. The van der Waals surface area contributed by atoms with Gasteiger partial charge in [0.15, 0.2) is 5.82 Å². The van der Waals surface area contributed by atoms with Gasteiger partial charge in [0.25, 0.3) is 0 Å². The number of nitrogens with one attached hydrogen (secondary N) is 1. The van der Waals surface area contributed by atoms with Gasteiger partial charge in [-0.2, -0.15) is 0 Å². The number of morpholine rings is 1. The van der Waals surface area contributed by atoms with Crippen LogP contribution in [-0.2, 0) is 9.53 Å². The van der Waals surface area contributed by atoms with E-state index >= 15 is 0 Å². The molecule has 3 aliphatic rings. The molecule has 26 heavy (non-hydrogen) atoms. The number of nitrogens with zero attached hydrogens (tertiary/aromatic N) is 3. The Hall–Kier alpha value is -2.35. The molecule has 8 heteroatoms. The maximum atomic E-state index is 12.8. The predicted molar refractivity (Wildman–Crippen MR) is 95.3 cm³/mol. The van der Waals surface area contributed by atoms with Crippen LogP contribution >= 0.6 is 0 Å². The first-order chi connectivity index (χ1) is 12.6. The molecule has 3 fully saturated rings. The first kappa shape index (κ1) is 17.1. The van der Waals surface area contributed by atoms with E-state index in [0.717, 1.165) is 31.7 Å². The Morgan fingerprint density at radius 3 is 2.88 bits per heavy atom. The smallest absolute Gasteiger partial charge is 0.321 e. The summed E-state index contributed by atoms with van der Waals surface area (Å²) in [4.78, 5) is 32.8. The average molecular weight is 360 g/mol. The van der Waals surface area contributed by atoms with Crippen LogP contribution in [0.2, 0.25) is 0 Å². The molecule has 0 radical (unpaired) electrons. The van der Waals surface area contributed by atoms with Crippen LogP contribution in [0, 0.1) is 11.3 Å². The van der Waals surface area contributed by atoms with Gasteiger partial charge in [-0.15, -0.1) is 0 Å². The van der Waals surface area contributed by atoms with Crippen LogP contribution in [0.15, 0.2) is 18.3 Å². The van der Waals surface area contributed by atoms with Crippen molar-refractivity contribution in [2.75, 3.05) is 49.6 Å². The molecule has 2 aliphatic heterocycles. The van der Waals surface area contributed by atoms with Crippen molar-refractivity contribution >= 4 is 23.5 Å². The number of carbonyl (C=O) groups is 2. The number of ether oxygens (including phenoxy) is 1. The summed E-state index contributed by atoms with van der Waals surface area (Å²) in [6, 6.07) is 3.37. The largest absolute Gasteiger partial charge is 0.481 e. The third kappa shape index (κ3) is 2.88. The number of carboxylic acid groups (broad SMARTS) is 1. The number of carboxylic acids is 1. The Morgan fingerprint density at radius 1 is 1.35 bits per heavy atom. The number of hydrogen-bond acceptors (Lipinski definition) is 5. The summed E-state index contributed by atoms with van der Waals surface area (Å²) in [6.45, 7) is 3.52. The number of anilines is 2. The summed E-state index contributed by atoms with van der Waals surface area (Å²) in [7, 11) is 0. The Kier molecular flexibility index (Phi) is 4.44. The second-order valence-electron chi connectivity index (χ2n) is 7.34. The lowest BCUT2D eigenvalue weighted by atomic mass is 9.81. The lowest BCUT2D eigenvalue weighted by Crippen LogP contribution is -2.40. The Balaban J connectivity index is 1.48. The molecule has 1 aromatic rings. The second kappa shape index (κ2) is 6.75. The summed E-state index contributed by atoms with van der Waals surface area (Å²) < 4.78 is 5.38. The van der Waals surface area contributed by atoms with Gasteiger partial charge in [0.1, 0.15) is 0 Å². The molecule has 2 atom stereocenters. The van der Waals surface area contributed by atoms with Gasteiger partial charge in [0, 0.05) is 32.4 Å². The molecule has 4 rings (SSSR count). The summed E-state index contributed by atoms with van der Waals surface area (Å²) in [6.07, 6.45) is 4.17. The minimum absolute atomic E-state index is 0.0540. The van der Waals surface area contributed by atoms with Crippen molar-refractivity contribution in [3.8, 4) is 0 Å². The van der Waals surface area contributed by atoms with Crippen molar-refractivity contribution in [2.45, 2.75) is 19.3 Å². The van der Waals surface area contributed by atoms with Crippen LogP contribution in [0.25, 0.3) is 0 Å². The van der Waals surface area contributed by atoms with Gasteiger partial charge in [0.2, 0.25) is 0 Å². The molecule has 140 valence electrons. The number of hydrogen-bond donors (Lipinski definition) is 2. The first-order valence-corrected chi connectivity index (χ1v) is 9.17. The quantitative estimate of drug-likeness (QED) is 0.851. The minimum atomic E-state index is -0.773. The van der Waals surface area contributed by atoms with Crippen LogP contribution in [0.5, 0.6) is 0 Å². The number of aliphatic carboxylic acids is 1. The van der Waals surface area contributed by atoms with E-state index < -0.39 is 11.4 Å². The third-order valence-corrected chi connectivity index (χ3v) is 5.92. The predicted octanol–water partition coefficient (Wildman–Crippen LogP) is 1.64. The SMILES string of the molecule is O=C(Nc1cccnc1N1CCOCC1)N1C[C@@H]2CCC[C@@]2(C(=O)O)C1. The third-order valence-electron chi connectivity index (χ3n) is 5.92. The first-order valence-electron chi connectivity index (χ1n) is 9.17. The van der Waals surface area contributed by atoms with Crippen molar-refractivity contribution in [3.63, 3.8) is 0 Å². The topological polar surface area (TPSA) is 95.0 Å². The van der Waals surface area contributed by atoms with Crippen molar-refractivity contribution in [3.05, 3.63) is 18.3 Å². The molecule has 1 aliphatic carbocycles. The summed E-state index contributed by atoms with van der Waals surface area (Å²) in [5.41, 5.74) is -0.111. The highest BCUT2D eigenvalue weighted by Gasteiger charge is 2.55. The monoisotopic (exact) mass is 360 g/mol. The summed E-state index contributed by atoms with van der Waals surface area (Å²) in [5.74, 6) is 0.0144. The van der Waals surface area contributed by atoms with Crippen LogP contribution in [0.1, 0.15) is 19.3 Å². The van der Waals surface area contributed by atoms with Crippen LogP contribution in [0.4, 0.5) is 16.3 Å². The average Bonchev–Trinajstić information content (AvgIpc) is 3.21. The second-order valence-corrected chi connectivity index (χ2v) is 7.34. The molecule has 1 aromatic heterocycles. The van der Waals surface area contributed by atoms with Gasteiger partial charge in [-0.05, 0) is 30.9 Å². The number of urea groups is 1. The molecular formula is C18H24N4O4. The Morgan fingerprint density at radius 2 is 2.15 bits per heavy atom. The molecule has 0 aromatic carbocycles. The van der Waals surface area contributed by atoms with E-state index in [1.54, 1.807) is 17.2 Å². The maximum absolute atomic E-state index is 12.8. The van der Waals surface area contributed by atoms with Crippen LogP contribution in [0.3, 0.4) is 0 Å². The number of pyridine rings is 1. The van der Waals surface area contributed by atoms with E-state index in [2.05, 4.69) is 15.2 Å². The Labute approximate surface area is 152 Å². The zero-order chi connectivity index (χ0) is 18.1. The van der Waals surface area contributed by atoms with Crippen molar-refractivity contribution in [1.29, 1.82) is 0 Å². The fraction of sp³-hybridized carbons (Fsp3) is 0.611. The van der Waals surface area contributed by atoms with Crippen molar-refractivity contribution in [2.24, 2.45) is 11.3 Å². The summed E-state index contributed by atoms with van der Waals surface area (Å²) >= 11 is 0. The Bertz CT molecular complexity index is 706. The van der Waals surface area contributed by atoms with Crippen molar-refractivity contribution < 1.29 is 19.4 Å². The highest BCUT2D eigenvalue weighted by atomic mass is 16.5. The minimum Gasteiger partial charge on any atom is -0.481 e. The lowest BCUT2D eigenvalue weighted by molar-refractivity contribution is -0.149. The number of rotatable bonds is 3. The fourth-order valence-corrected chi connectivity index (χ4v) is 4.51.